The van der Waals surface area contributed by atoms with Crippen LogP contribution < -0.4 is 10.7 Å². The van der Waals surface area contributed by atoms with Crippen molar-refractivity contribution < 1.29 is 14.0 Å². The zero-order valence-electron chi connectivity index (χ0n) is 13.6. The molecule has 0 spiro atoms. The van der Waals surface area contributed by atoms with Gasteiger partial charge in [0.05, 0.1) is 5.71 Å². The Balaban J connectivity index is 1.77. The lowest BCUT2D eigenvalue weighted by atomic mass is 10.1. The van der Waals surface area contributed by atoms with Crippen molar-refractivity contribution in [2.75, 3.05) is 5.32 Å². The van der Waals surface area contributed by atoms with E-state index in [1.54, 1.807) is 6.92 Å². The predicted molar refractivity (Wildman–Crippen MR) is 98.8 cm³/mol. The molecule has 0 saturated carbocycles. The Morgan fingerprint density at radius 3 is 2.24 bits per heavy atom. The van der Waals surface area contributed by atoms with Gasteiger partial charge in [-0.15, -0.1) is 0 Å². The maximum atomic E-state index is 12.8. The Kier molecular flexibility index (Phi) is 6.82. The Morgan fingerprint density at radius 1 is 1.00 bits per heavy atom. The fourth-order valence-corrected chi connectivity index (χ4v) is 2.21. The van der Waals surface area contributed by atoms with Crippen molar-refractivity contribution in [2.45, 2.75) is 19.8 Å². The number of rotatable bonds is 6. The second kappa shape index (κ2) is 9.08. The first-order valence-electron chi connectivity index (χ1n) is 7.58. The van der Waals surface area contributed by atoms with Gasteiger partial charge in [-0.3, -0.25) is 9.59 Å². The summed E-state index contributed by atoms with van der Waals surface area (Å²) in [5.41, 5.74) is 4.46. The molecule has 0 aromatic heterocycles. The number of hydrogen-bond donors (Lipinski definition) is 2. The minimum Gasteiger partial charge on any atom is -0.326 e. The number of carbonyl (C=O) groups is 2. The summed E-state index contributed by atoms with van der Waals surface area (Å²) in [6.45, 7) is 1.78. The number of anilines is 1. The van der Waals surface area contributed by atoms with E-state index in [1.807, 2.05) is 24.3 Å². The second-order valence-corrected chi connectivity index (χ2v) is 6.21. The zero-order chi connectivity index (χ0) is 18.2. The van der Waals surface area contributed by atoms with Gasteiger partial charge in [-0.05, 0) is 48.9 Å². The average molecular weight is 406 g/mol. The van der Waals surface area contributed by atoms with Gasteiger partial charge in [0.15, 0.2) is 0 Å². The van der Waals surface area contributed by atoms with Crippen LogP contribution in [-0.2, 0) is 9.59 Å². The maximum absolute atomic E-state index is 12.8. The van der Waals surface area contributed by atoms with Gasteiger partial charge in [0.2, 0.25) is 11.8 Å². The van der Waals surface area contributed by atoms with E-state index in [-0.39, 0.29) is 30.5 Å². The van der Waals surface area contributed by atoms with E-state index in [2.05, 4.69) is 31.8 Å². The van der Waals surface area contributed by atoms with E-state index >= 15 is 0 Å². The first-order valence-corrected chi connectivity index (χ1v) is 8.38. The highest BCUT2D eigenvalue weighted by Crippen LogP contribution is 2.11. The minimum atomic E-state index is -0.378. The quantitative estimate of drug-likeness (QED) is 0.565. The van der Waals surface area contributed by atoms with Crippen molar-refractivity contribution in [2.24, 2.45) is 5.10 Å². The normalized spacial score (nSPS) is 11.1. The lowest BCUT2D eigenvalue weighted by molar-refractivity contribution is -0.124. The fourth-order valence-electron chi connectivity index (χ4n) is 1.94. The van der Waals surface area contributed by atoms with Crippen LogP contribution >= 0.6 is 15.9 Å². The monoisotopic (exact) mass is 405 g/mol. The van der Waals surface area contributed by atoms with Gasteiger partial charge < -0.3 is 5.32 Å². The summed E-state index contributed by atoms with van der Waals surface area (Å²) < 4.78 is 13.7. The molecule has 2 aromatic rings. The van der Waals surface area contributed by atoms with Crippen molar-refractivity contribution in [3.63, 3.8) is 0 Å². The molecular formula is C18H17BrFN3O2. The molecule has 0 atom stereocenters. The summed E-state index contributed by atoms with van der Waals surface area (Å²) in [5, 5.41) is 6.62. The lowest BCUT2D eigenvalue weighted by Gasteiger charge is -2.05. The number of halogens is 2. The van der Waals surface area contributed by atoms with E-state index in [4.69, 9.17) is 0 Å². The van der Waals surface area contributed by atoms with Crippen molar-refractivity contribution in [1.82, 2.24) is 5.43 Å². The first kappa shape index (κ1) is 18.8. The van der Waals surface area contributed by atoms with Crippen LogP contribution in [0.4, 0.5) is 10.1 Å². The fraction of sp³-hybridized carbons (Fsp3) is 0.167. The highest BCUT2D eigenvalue weighted by Gasteiger charge is 2.07. The number of nitrogens with one attached hydrogen (secondary N) is 2. The largest absolute Gasteiger partial charge is 0.326 e. The molecule has 5 nitrogen and oxygen atoms in total. The topological polar surface area (TPSA) is 70.6 Å². The first-order chi connectivity index (χ1) is 11.9. The highest BCUT2D eigenvalue weighted by molar-refractivity contribution is 9.10. The van der Waals surface area contributed by atoms with Gasteiger partial charge in [0.1, 0.15) is 5.82 Å². The summed E-state index contributed by atoms with van der Waals surface area (Å²) in [6.07, 6.45) is 0.0141. The van der Waals surface area contributed by atoms with Gasteiger partial charge in [-0.1, -0.05) is 28.1 Å². The molecule has 0 fully saturated rings. The van der Waals surface area contributed by atoms with Crippen LogP contribution in [0, 0.1) is 5.82 Å². The average Bonchev–Trinajstić information content (AvgIpc) is 2.60. The third-order valence-electron chi connectivity index (χ3n) is 3.32. The van der Waals surface area contributed by atoms with E-state index in [1.165, 1.54) is 24.3 Å². The molecule has 0 aliphatic carbocycles. The summed E-state index contributed by atoms with van der Waals surface area (Å²) in [5.74, 6) is -1.06. The number of hydrogen-bond acceptors (Lipinski definition) is 3. The number of hydrazone groups is 1. The Morgan fingerprint density at radius 2 is 1.60 bits per heavy atom. The molecule has 2 amide bonds. The van der Waals surface area contributed by atoms with E-state index < -0.39 is 0 Å². The number of carbonyl (C=O) groups excluding carboxylic acids is 2. The molecule has 0 heterocycles. The van der Waals surface area contributed by atoms with Crippen molar-refractivity contribution >= 4 is 39.1 Å². The third-order valence-corrected chi connectivity index (χ3v) is 3.85. The summed E-state index contributed by atoms with van der Waals surface area (Å²) in [7, 11) is 0. The zero-order valence-corrected chi connectivity index (χ0v) is 15.1. The van der Waals surface area contributed by atoms with E-state index in [9.17, 15) is 14.0 Å². The number of benzene rings is 2. The molecule has 0 aliphatic heterocycles. The van der Waals surface area contributed by atoms with Crippen LogP contribution in [0.5, 0.6) is 0 Å². The Bertz CT molecular complexity index is 774. The standard InChI is InChI=1S/C18H17BrFN3O2/c1-12(13-2-4-14(19)5-3-13)22-23-18(25)11-10-17(24)21-16-8-6-15(20)7-9-16/h2-9H,10-11H2,1H3,(H,21,24)(H,23,25)/b22-12+. The SMILES string of the molecule is C/C(=N\NC(=O)CCC(=O)Nc1ccc(F)cc1)c1ccc(Br)cc1. The van der Waals surface area contributed by atoms with Crippen molar-refractivity contribution in [1.29, 1.82) is 0 Å². The Labute approximate surface area is 153 Å². The van der Waals surface area contributed by atoms with Crippen molar-refractivity contribution in [3.8, 4) is 0 Å². The third kappa shape index (κ3) is 6.46. The molecule has 0 saturated heterocycles. The molecule has 0 aliphatic rings. The predicted octanol–water partition coefficient (Wildman–Crippen LogP) is 3.85. The number of amides is 2. The van der Waals surface area contributed by atoms with Gasteiger partial charge in [0, 0.05) is 23.0 Å². The molecule has 2 N–H and O–H groups in total. The molecule has 130 valence electrons. The summed E-state index contributed by atoms with van der Waals surface area (Å²) >= 11 is 3.35. The summed E-state index contributed by atoms with van der Waals surface area (Å²) in [4.78, 5) is 23.5. The molecule has 2 aromatic carbocycles. The lowest BCUT2D eigenvalue weighted by Crippen LogP contribution is -2.21. The molecule has 2 rings (SSSR count). The van der Waals surface area contributed by atoms with Gasteiger partial charge in [-0.25, -0.2) is 9.82 Å². The number of nitrogens with zero attached hydrogens (tertiary/aromatic N) is 1. The maximum Gasteiger partial charge on any atom is 0.240 e. The minimum absolute atomic E-state index is 0.00411. The second-order valence-electron chi connectivity index (χ2n) is 5.29. The smallest absolute Gasteiger partial charge is 0.240 e. The summed E-state index contributed by atoms with van der Waals surface area (Å²) in [6, 6.07) is 12.9. The van der Waals surface area contributed by atoms with Crippen LogP contribution in [0.25, 0.3) is 0 Å². The highest BCUT2D eigenvalue weighted by atomic mass is 79.9. The molecule has 7 heteroatoms. The molecule has 0 radical (unpaired) electrons. The molecular weight excluding hydrogens is 389 g/mol. The van der Waals surface area contributed by atoms with Crippen LogP contribution in [0.2, 0.25) is 0 Å². The molecule has 0 unspecified atom stereocenters. The molecule has 0 bridgehead atoms. The van der Waals surface area contributed by atoms with E-state index in [0.717, 1.165) is 10.0 Å². The van der Waals surface area contributed by atoms with Crippen LogP contribution in [0.3, 0.4) is 0 Å². The van der Waals surface area contributed by atoms with Gasteiger partial charge >= 0.3 is 0 Å². The van der Waals surface area contributed by atoms with Gasteiger partial charge in [-0.2, -0.15) is 5.10 Å². The van der Waals surface area contributed by atoms with Gasteiger partial charge in [0.25, 0.3) is 0 Å². The van der Waals surface area contributed by atoms with Crippen LogP contribution in [-0.4, -0.2) is 17.5 Å². The van der Waals surface area contributed by atoms with Crippen molar-refractivity contribution in [3.05, 3.63) is 64.4 Å². The van der Waals surface area contributed by atoms with Crippen LogP contribution in [0.15, 0.2) is 58.1 Å². The van der Waals surface area contributed by atoms with Crippen LogP contribution in [0.1, 0.15) is 25.3 Å². The Hall–Kier alpha value is -2.54. The van der Waals surface area contributed by atoms with E-state index in [0.29, 0.717) is 11.4 Å². The molecule has 25 heavy (non-hydrogen) atoms.